The number of rotatable bonds is 15. The predicted molar refractivity (Wildman–Crippen MR) is 207 cm³/mol. The van der Waals surface area contributed by atoms with E-state index in [4.69, 9.17) is 37.9 Å². The molecule has 0 saturated carbocycles. The normalized spacial score (nSPS) is 17.2. The molecule has 2 aromatic carbocycles. The molecule has 19 heteroatoms. The van der Waals surface area contributed by atoms with Gasteiger partial charge in [0.2, 0.25) is 5.91 Å². The van der Waals surface area contributed by atoms with E-state index in [1.165, 1.54) is 32.2 Å². The first-order chi connectivity index (χ1) is 25.8. The van der Waals surface area contributed by atoms with Crippen molar-refractivity contribution in [3.63, 3.8) is 0 Å². The van der Waals surface area contributed by atoms with E-state index in [0.29, 0.717) is 24.9 Å². The number of halogens is 2. The molecule has 16 nitrogen and oxygen atoms in total. The van der Waals surface area contributed by atoms with Gasteiger partial charge in [0.05, 0.1) is 28.4 Å². The molecule has 298 valence electrons. The average Bonchev–Trinajstić information content (AvgIpc) is 3.10. The summed E-state index contributed by atoms with van der Waals surface area (Å²) in [6.07, 6.45) is 0.946. The smallest absolute Gasteiger partial charge is 0.468 e. The topological polar surface area (TPSA) is 226 Å². The van der Waals surface area contributed by atoms with Crippen LogP contribution in [0.3, 0.4) is 0 Å². The van der Waals surface area contributed by atoms with Gasteiger partial charge >= 0.3 is 20.2 Å². The summed E-state index contributed by atoms with van der Waals surface area (Å²) in [6.45, 7) is 10.3. The van der Waals surface area contributed by atoms with E-state index in [1.54, 1.807) is 58.9 Å². The fraction of sp³-hybridized carbons (Fsp3) is 0.444. The maximum absolute atomic E-state index is 13.6. The number of ether oxygens (including phenoxy) is 2. The van der Waals surface area contributed by atoms with Crippen LogP contribution >= 0.6 is 31.4 Å². The molecule has 1 heterocycles. The maximum atomic E-state index is 13.6. The number of alkyl carbamates (subject to hydrolysis) is 1. The Morgan fingerprint density at radius 3 is 2.29 bits per heavy atom. The molecular formula is C36H47Cl2N7O9P+. The Balaban J connectivity index is 1.81. The summed E-state index contributed by atoms with van der Waals surface area (Å²) in [5.74, 6) is -3.18. The lowest BCUT2D eigenvalue weighted by Crippen LogP contribution is -2.50. The first kappa shape index (κ1) is 44.8. The summed E-state index contributed by atoms with van der Waals surface area (Å²) >= 11 is 12.5. The van der Waals surface area contributed by atoms with Crippen molar-refractivity contribution < 1.29 is 42.5 Å². The Bertz CT molecular complexity index is 1800. The van der Waals surface area contributed by atoms with Crippen LogP contribution in [0.1, 0.15) is 76.3 Å². The molecule has 0 spiro atoms. The Hall–Kier alpha value is -4.60. The largest absolute Gasteiger partial charge is 0.664 e. The lowest BCUT2D eigenvalue weighted by Gasteiger charge is -2.31. The molecule has 1 saturated heterocycles. The molecule has 1 aliphatic rings. The summed E-state index contributed by atoms with van der Waals surface area (Å²) in [4.78, 5) is 64.6. The van der Waals surface area contributed by atoms with Crippen LogP contribution in [0, 0.1) is 11.3 Å². The minimum absolute atomic E-state index is 0.00844. The number of nitrogens with one attached hydrogen (secondary N) is 7. The monoisotopic (exact) mass is 822 g/mol. The minimum Gasteiger partial charge on any atom is -0.468 e. The molecule has 2 aromatic rings. The van der Waals surface area contributed by atoms with Gasteiger partial charge in [-0.15, -0.1) is 0 Å². The van der Waals surface area contributed by atoms with E-state index >= 15 is 0 Å². The number of benzene rings is 2. The van der Waals surface area contributed by atoms with Gasteiger partial charge in [-0.2, -0.15) is 0 Å². The van der Waals surface area contributed by atoms with E-state index in [0.717, 1.165) is 6.20 Å². The highest BCUT2D eigenvalue weighted by atomic mass is 35.5. The standard InChI is InChI=1S/C36H46Cl2N7O9P/c1-19(2)30(44-35(50)53-36(4,5)6)33(48)41-18-26(43-31(46)28-23(37)12-10-13-24(28)38)29(39)32(47)42-21-15-16-40-25(17-21)22-11-8-9-14-27(22)54-55(51)45-20(3)34(49)52-7/h8-14,18-21,25,30,40H,15-17H2,1-7H3,(H5-,39,41,42,43,44,45,46,47,48,50,51)/p+1/t20-,21?,25?,30-/m0/s1. The number of hydrogen-bond acceptors (Lipinski definition) is 11. The zero-order valence-electron chi connectivity index (χ0n) is 31.5. The lowest BCUT2D eigenvalue weighted by atomic mass is 9.93. The fourth-order valence-corrected chi connectivity index (χ4v) is 6.68. The first-order valence-corrected chi connectivity index (χ1v) is 19.2. The number of amides is 4. The lowest BCUT2D eigenvalue weighted by molar-refractivity contribution is -0.142. The quantitative estimate of drug-likeness (QED) is 0.0715. The van der Waals surface area contributed by atoms with Crippen LogP contribution in [-0.4, -0.2) is 72.9 Å². The molecule has 1 fully saturated rings. The first-order valence-electron chi connectivity index (χ1n) is 17.3. The number of piperidine rings is 1. The molecule has 0 aliphatic carbocycles. The van der Waals surface area contributed by atoms with E-state index in [1.807, 2.05) is 0 Å². The highest BCUT2D eigenvalue weighted by Crippen LogP contribution is 2.35. The van der Waals surface area contributed by atoms with Crippen molar-refractivity contribution in [2.75, 3.05) is 13.7 Å². The highest BCUT2D eigenvalue weighted by Gasteiger charge is 2.33. The SMILES string of the molecule is COC(=O)[C@H](C)N[P+](=O)Oc1ccccc1C1CC(NC(=O)C(=N)/C(=C\NC(=O)[C@@H](NC(=O)OC(C)(C)C)C(C)C)NC(=O)c2c(Cl)cccc2Cl)CCN1. The summed E-state index contributed by atoms with van der Waals surface area (Å²) in [7, 11) is -1.29. The fourth-order valence-electron chi connectivity index (χ4n) is 5.29. The number of carbonyl (C=O) groups excluding carboxylic acids is 5. The number of hydrogen-bond donors (Lipinski definition) is 7. The second-order valence-corrected chi connectivity index (χ2v) is 15.6. The summed E-state index contributed by atoms with van der Waals surface area (Å²) in [6, 6.07) is 8.45. The third kappa shape index (κ3) is 13.6. The number of carbonyl (C=O) groups is 5. The molecule has 4 amide bonds. The van der Waals surface area contributed by atoms with Gasteiger partial charge in [0.25, 0.3) is 11.8 Å². The van der Waals surface area contributed by atoms with Gasteiger partial charge in [-0.25, -0.2) is 9.32 Å². The summed E-state index contributed by atoms with van der Waals surface area (Å²) < 4.78 is 28.3. The van der Waals surface area contributed by atoms with Crippen molar-refractivity contribution in [2.45, 2.75) is 84.2 Å². The van der Waals surface area contributed by atoms with Gasteiger partial charge in [0.1, 0.15) is 23.4 Å². The number of esters is 1. The summed E-state index contributed by atoms with van der Waals surface area (Å²) in [5.41, 5.74) is -1.41. The van der Waals surface area contributed by atoms with Crippen molar-refractivity contribution in [1.29, 1.82) is 5.41 Å². The molecule has 5 atom stereocenters. The van der Waals surface area contributed by atoms with Crippen molar-refractivity contribution in [2.24, 2.45) is 5.92 Å². The Kier molecular flexibility index (Phi) is 16.6. The third-order valence-electron chi connectivity index (χ3n) is 7.98. The minimum atomic E-state index is -2.51. The van der Waals surface area contributed by atoms with E-state index < -0.39 is 79.0 Å². The molecular weight excluding hydrogens is 776 g/mol. The van der Waals surface area contributed by atoms with Gasteiger partial charge in [-0.3, -0.25) is 24.6 Å². The van der Waals surface area contributed by atoms with Gasteiger partial charge in [-0.05, 0) is 71.2 Å². The van der Waals surface area contributed by atoms with Crippen molar-refractivity contribution in [3.05, 3.63) is 75.5 Å². The highest BCUT2D eigenvalue weighted by molar-refractivity contribution is 7.37. The van der Waals surface area contributed by atoms with Gasteiger partial charge < -0.3 is 36.1 Å². The summed E-state index contributed by atoms with van der Waals surface area (Å²) in [5, 5.41) is 25.0. The molecule has 0 radical (unpaired) electrons. The number of para-hydroxylation sites is 1. The maximum Gasteiger partial charge on any atom is 0.664 e. The second-order valence-electron chi connectivity index (χ2n) is 13.8. The molecule has 0 bridgehead atoms. The van der Waals surface area contributed by atoms with Crippen LogP contribution in [0.2, 0.25) is 10.0 Å². The number of methoxy groups -OCH3 is 1. The van der Waals surface area contributed by atoms with Crippen LogP contribution < -0.4 is 36.2 Å². The van der Waals surface area contributed by atoms with Crippen LogP contribution in [0.4, 0.5) is 4.79 Å². The van der Waals surface area contributed by atoms with Gasteiger partial charge in [0, 0.05) is 28.4 Å². The van der Waals surface area contributed by atoms with Gasteiger partial charge in [0.15, 0.2) is 5.75 Å². The van der Waals surface area contributed by atoms with Crippen molar-refractivity contribution >= 4 is 66.9 Å². The van der Waals surface area contributed by atoms with Crippen molar-refractivity contribution in [1.82, 2.24) is 31.7 Å². The third-order valence-corrected chi connectivity index (χ3v) is 9.57. The molecule has 0 aromatic heterocycles. The van der Waals surface area contributed by atoms with E-state index in [2.05, 4.69) is 36.4 Å². The zero-order valence-corrected chi connectivity index (χ0v) is 33.9. The second kappa shape index (κ2) is 20.4. The molecule has 3 unspecified atom stereocenters. The Morgan fingerprint density at radius 1 is 1.02 bits per heavy atom. The van der Waals surface area contributed by atoms with Crippen molar-refractivity contribution in [3.8, 4) is 5.75 Å². The van der Waals surface area contributed by atoms with Crippen LogP contribution in [0.15, 0.2) is 54.4 Å². The molecule has 3 rings (SSSR count). The van der Waals surface area contributed by atoms with Gasteiger partial charge in [-0.1, -0.05) is 66.4 Å². The van der Waals surface area contributed by atoms with E-state index in [9.17, 15) is 28.5 Å². The molecule has 55 heavy (non-hydrogen) atoms. The Labute approximate surface area is 330 Å². The van der Waals surface area contributed by atoms with Crippen LogP contribution in [0.25, 0.3) is 0 Å². The Morgan fingerprint density at radius 2 is 1.67 bits per heavy atom. The molecule has 1 aliphatic heterocycles. The predicted octanol–water partition coefficient (Wildman–Crippen LogP) is 5.05. The zero-order chi connectivity index (χ0) is 41.0. The van der Waals surface area contributed by atoms with E-state index in [-0.39, 0.29) is 27.4 Å². The van der Waals surface area contributed by atoms with Crippen LogP contribution in [0.5, 0.6) is 5.75 Å². The van der Waals surface area contributed by atoms with Crippen LogP contribution in [-0.2, 0) is 28.4 Å². The molecule has 7 N–H and O–H groups in total. The average molecular weight is 824 g/mol.